The minimum Gasteiger partial charge on any atom is -0.469 e. The first kappa shape index (κ1) is 21.4. The standard InChI is InChI=1S/C26H32N2O4/c1-32-26(31)23-20(16-29)22-15-28-21(24(23)27(22)14-17-8-4-2-5-9-17)13-12-19(25(28)30)18-10-6-3-7-11-18/h3,6-7,10-13,17,20,22-24,29H,2,4-5,8-9,14-16H2,1H3/t20-,22-,23+,24+/m0/s1. The van der Waals surface area contributed by atoms with Crippen LogP contribution in [0.4, 0.5) is 0 Å². The number of hydrogen-bond acceptors (Lipinski definition) is 5. The van der Waals surface area contributed by atoms with Crippen LogP contribution in [0.2, 0.25) is 0 Å². The summed E-state index contributed by atoms with van der Waals surface area (Å²) in [5.41, 5.74) is 2.41. The highest BCUT2D eigenvalue weighted by Gasteiger charge is 2.56. The number of fused-ring (bicyclic) bond motifs is 4. The smallest absolute Gasteiger partial charge is 0.311 e. The van der Waals surface area contributed by atoms with Crippen LogP contribution in [-0.2, 0) is 16.1 Å². The molecule has 1 aromatic carbocycles. The minimum absolute atomic E-state index is 0.0248. The average Bonchev–Trinajstić information content (AvgIpc) is 3.04. The maximum atomic E-state index is 13.5. The molecule has 6 heteroatoms. The highest BCUT2D eigenvalue weighted by molar-refractivity contribution is 5.75. The third-order valence-corrected chi connectivity index (χ3v) is 7.92. The van der Waals surface area contributed by atoms with Crippen molar-refractivity contribution in [3.05, 3.63) is 58.5 Å². The summed E-state index contributed by atoms with van der Waals surface area (Å²) >= 11 is 0. The van der Waals surface area contributed by atoms with Crippen molar-refractivity contribution in [1.82, 2.24) is 9.47 Å². The van der Waals surface area contributed by atoms with Gasteiger partial charge >= 0.3 is 5.97 Å². The molecule has 1 aliphatic carbocycles. The molecule has 1 N–H and O–H groups in total. The lowest BCUT2D eigenvalue weighted by Gasteiger charge is -2.40. The van der Waals surface area contributed by atoms with E-state index in [0.29, 0.717) is 18.0 Å². The first-order valence-corrected chi connectivity index (χ1v) is 11.9. The molecule has 2 fully saturated rings. The Morgan fingerprint density at radius 3 is 2.53 bits per heavy atom. The molecule has 1 saturated carbocycles. The normalized spacial score (nSPS) is 27.8. The number of rotatable bonds is 5. The molecule has 4 atom stereocenters. The molecule has 2 aliphatic heterocycles. The van der Waals surface area contributed by atoms with Gasteiger partial charge in [-0.05, 0) is 36.5 Å². The molecule has 3 heterocycles. The van der Waals surface area contributed by atoms with Crippen molar-refractivity contribution in [2.75, 3.05) is 20.3 Å². The Kier molecular flexibility index (Phi) is 5.91. The summed E-state index contributed by atoms with van der Waals surface area (Å²) in [5.74, 6) is -0.394. The van der Waals surface area contributed by atoms with Crippen LogP contribution in [0, 0.1) is 17.8 Å². The van der Waals surface area contributed by atoms with Gasteiger partial charge in [-0.15, -0.1) is 0 Å². The van der Waals surface area contributed by atoms with E-state index in [2.05, 4.69) is 4.90 Å². The Labute approximate surface area is 188 Å². The Morgan fingerprint density at radius 1 is 1.09 bits per heavy atom. The number of aliphatic hydroxyl groups excluding tert-OH is 1. The van der Waals surface area contributed by atoms with Crippen LogP contribution < -0.4 is 5.56 Å². The Bertz CT molecular complexity index is 1030. The van der Waals surface area contributed by atoms with Gasteiger partial charge in [0.2, 0.25) is 0 Å². The molecule has 0 spiro atoms. The topological polar surface area (TPSA) is 71.8 Å². The predicted octanol–water partition coefficient (Wildman–Crippen LogP) is 3.23. The molecule has 1 aromatic heterocycles. The van der Waals surface area contributed by atoms with E-state index in [-0.39, 0.29) is 36.1 Å². The average molecular weight is 437 g/mol. The number of aliphatic hydroxyl groups is 1. The number of hydrogen-bond donors (Lipinski definition) is 1. The van der Waals surface area contributed by atoms with Crippen molar-refractivity contribution >= 4 is 5.97 Å². The fraction of sp³-hybridized carbons (Fsp3) is 0.538. The van der Waals surface area contributed by atoms with Crippen molar-refractivity contribution in [3.63, 3.8) is 0 Å². The first-order chi connectivity index (χ1) is 15.6. The molecule has 5 rings (SSSR count). The van der Waals surface area contributed by atoms with E-state index in [0.717, 1.165) is 17.8 Å². The van der Waals surface area contributed by atoms with Crippen molar-refractivity contribution < 1.29 is 14.6 Å². The van der Waals surface area contributed by atoms with Crippen LogP contribution in [-0.4, -0.2) is 46.8 Å². The van der Waals surface area contributed by atoms with Crippen molar-refractivity contribution in [1.29, 1.82) is 0 Å². The van der Waals surface area contributed by atoms with Crippen molar-refractivity contribution in [2.24, 2.45) is 17.8 Å². The highest BCUT2D eigenvalue weighted by Crippen LogP contribution is 2.49. The molecule has 32 heavy (non-hydrogen) atoms. The van der Waals surface area contributed by atoms with Crippen LogP contribution in [0.3, 0.4) is 0 Å². The number of aromatic nitrogens is 1. The van der Waals surface area contributed by atoms with Crippen LogP contribution in [0.5, 0.6) is 0 Å². The number of methoxy groups -OCH3 is 1. The monoisotopic (exact) mass is 436 g/mol. The van der Waals surface area contributed by atoms with E-state index >= 15 is 0 Å². The van der Waals surface area contributed by atoms with E-state index in [1.54, 1.807) is 0 Å². The van der Waals surface area contributed by atoms with E-state index in [4.69, 9.17) is 4.74 Å². The summed E-state index contributed by atoms with van der Waals surface area (Å²) in [4.78, 5) is 28.8. The minimum atomic E-state index is -0.464. The fourth-order valence-electron chi connectivity index (χ4n) is 6.38. The van der Waals surface area contributed by atoms with Crippen molar-refractivity contribution in [3.8, 4) is 11.1 Å². The Hall–Kier alpha value is -2.44. The molecule has 0 radical (unpaired) electrons. The lowest BCUT2D eigenvalue weighted by Crippen LogP contribution is -2.48. The molecule has 0 unspecified atom stereocenters. The maximum Gasteiger partial charge on any atom is 0.311 e. The van der Waals surface area contributed by atoms with Crippen LogP contribution in [0.1, 0.15) is 43.8 Å². The summed E-state index contributed by atoms with van der Waals surface area (Å²) in [6.07, 6.45) is 6.24. The Balaban J connectivity index is 1.58. The number of benzene rings is 1. The van der Waals surface area contributed by atoms with Gasteiger partial charge in [0.1, 0.15) is 0 Å². The van der Waals surface area contributed by atoms with Gasteiger partial charge in [0.05, 0.1) is 19.1 Å². The van der Waals surface area contributed by atoms with Crippen LogP contribution in [0.15, 0.2) is 47.3 Å². The number of carbonyl (C=O) groups is 1. The summed E-state index contributed by atoms with van der Waals surface area (Å²) in [7, 11) is 1.41. The molecule has 3 aliphatic rings. The van der Waals surface area contributed by atoms with Gasteiger partial charge in [-0.1, -0.05) is 49.6 Å². The van der Waals surface area contributed by atoms with E-state index < -0.39 is 5.92 Å². The quantitative estimate of drug-likeness (QED) is 0.729. The van der Waals surface area contributed by atoms with Gasteiger partial charge in [-0.2, -0.15) is 0 Å². The third kappa shape index (κ3) is 3.50. The second-order valence-corrected chi connectivity index (χ2v) is 9.56. The fourth-order valence-corrected chi connectivity index (χ4v) is 6.38. The zero-order valence-electron chi connectivity index (χ0n) is 18.7. The zero-order chi connectivity index (χ0) is 22.2. The van der Waals surface area contributed by atoms with E-state index in [1.165, 1.54) is 39.2 Å². The molecule has 6 nitrogen and oxygen atoms in total. The largest absolute Gasteiger partial charge is 0.469 e. The molecule has 2 bridgehead atoms. The van der Waals surface area contributed by atoms with Crippen LogP contribution in [0.25, 0.3) is 11.1 Å². The molecular formula is C26H32N2O4. The second-order valence-electron chi connectivity index (χ2n) is 9.56. The number of nitrogens with zero attached hydrogens (tertiary/aromatic N) is 2. The van der Waals surface area contributed by atoms with Gasteiger partial charge in [0.15, 0.2) is 0 Å². The SMILES string of the molecule is COC(=O)[C@@H]1[C@@H](CO)[C@@H]2Cn3c(ccc(-c4ccccc4)c3=O)[C@H]1N2CC1CCCCC1. The molecule has 2 aromatic rings. The molecular weight excluding hydrogens is 404 g/mol. The third-order valence-electron chi connectivity index (χ3n) is 7.92. The summed E-state index contributed by atoms with van der Waals surface area (Å²) < 4.78 is 7.03. The Morgan fingerprint density at radius 2 is 1.84 bits per heavy atom. The van der Waals surface area contributed by atoms with Crippen molar-refractivity contribution in [2.45, 2.75) is 50.7 Å². The van der Waals surface area contributed by atoms with Gasteiger partial charge < -0.3 is 14.4 Å². The number of carbonyl (C=O) groups excluding carboxylic acids is 1. The van der Waals surface area contributed by atoms with Gasteiger partial charge in [0.25, 0.3) is 5.56 Å². The lowest BCUT2D eigenvalue weighted by molar-refractivity contribution is -0.148. The molecule has 170 valence electrons. The van der Waals surface area contributed by atoms with E-state index in [1.807, 2.05) is 47.0 Å². The van der Waals surface area contributed by atoms with E-state index in [9.17, 15) is 14.7 Å². The van der Waals surface area contributed by atoms with Gasteiger partial charge in [-0.3, -0.25) is 14.5 Å². The lowest BCUT2D eigenvalue weighted by atomic mass is 9.87. The molecule has 1 saturated heterocycles. The zero-order valence-corrected chi connectivity index (χ0v) is 18.7. The summed E-state index contributed by atoms with van der Waals surface area (Å²) in [5, 5.41) is 10.3. The number of ether oxygens (including phenoxy) is 1. The summed E-state index contributed by atoms with van der Waals surface area (Å²) in [6.45, 7) is 1.32. The predicted molar refractivity (Wildman–Crippen MR) is 122 cm³/mol. The summed E-state index contributed by atoms with van der Waals surface area (Å²) in [6, 6.07) is 13.3. The first-order valence-electron chi connectivity index (χ1n) is 11.9. The van der Waals surface area contributed by atoms with Gasteiger partial charge in [0, 0.05) is 42.9 Å². The van der Waals surface area contributed by atoms with Gasteiger partial charge in [-0.25, -0.2) is 0 Å². The second kappa shape index (κ2) is 8.83. The maximum absolute atomic E-state index is 13.5. The van der Waals surface area contributed by atoms with Crippen LogP contribution >= 0.6 is 0 Å². The molecule has 0 amide bonds. The highest BCUT2D eigenvalue weighted by atomic mass is 16.5. The number of esters is 1. The number of pyridine rings is 1.